The normalized spacial score (nSPS) is 11.3. The van der Waals surface area contributed by atoms with Crippen LogP contribution in [0.1, 0.15) is 20.3 Å². The highest BCUT2D eigenvalue weighted by molar-refractivity contribution is 9.10. The van der Waals surface area contributed by atoms with Gasteiger partial charge >= 0.3 is 0 Å². The van der Waals surface area contributed by atoms with Crippen LogP contribution in [0.2, 0.25) is 0 Å². The van der Waals surface area contributed by atoms with E-state index >= 15 is 0 Å². The summed E-state index contributed by atoms with van der Waals surface area (Å²) in [6, 6.07) is 7.31. The van der Waals surface area contributed by atoms with Gasteiger partial charge in [0, 0.05) is 11.0 Å². The first-order valence-corrected chi connectivity index (χ1v) is 7.49. The van der Waals surface area contributed by atoms with Gasteiger partial charge in [0.05, 0.1) is 0 Å². The third-order valence-electron chi connectivity index (χ3n) is 2.31. The standard InChI is InChI=1S/C13H18BrN3O2S/c1-3-7-15-13(20)17-16-12(18)9(2)19-11-6-4-5-10(14)8-11/h4-6,8-9H,3,7H2,1-2H3,(H,16,18)(H2,15,17,20)/t9-/m0/s1. The first kappa shape index (κ1) is 16.7. The molecule has 0 aliphatic heterocycles. The lowest BCUT2D eigenvalue weighted by atomic mass is 10.3. The fourth-order valence-corrected chi connectivity index (χ4v) is 1.83. The molecule has 0 spiro atoms. The van der Waals surface area contributed by atoms with E-state index in [1.807, 2.05) is 19.1 Å². The van der Waals surface area contributed by atoms with E-state index in [4.69, 9.17) is 17.0 Å². The SMILES string of the molecule is CCCNC(=S)NNC(=O)[C@H](C)Oc1cccc(Br)c1. The van der Waals surface area contributed by atoms with Gasteiger partial charge in [-0.1, -0.05) is 28.9 Å². The molecule has 0 saturated heterocycles. The smallest absolute Gasteiger partial charge is 0.279 e. The number of rotatable bonds is 5. The predicted molar refractivity (Wildman–Crippen MR) is 86.4 cm³/mol. The van der Waals surface area contributed by atoms with Gasteiger partial charge in [-0.25, -0.2) is 0 Å². The lowest BCUT2D eigenvalue weighted by Gasteiger charge is -2.16. The molecule has 7 heteroatoms. The van der Waals surface area contributed by atoms with E-state index in [9.17, 15) is 4.79 Å². The van der Waals surface area contributed by atoms with Crippen LogP contribution in [-0.2, 0) is 4.79 Å². The van der Waals surface area contributed by atoms with Crippen molar-refractivity contribution in [3.63, 3.8) is 0 Å². The highest BCUT2D eigenvalue weighted by Crippen LogP contribution is 2.18. The second kappa shape index (κ2) is 8.76. The largest absolute Gasteiger partial charge is 0.481 e. The zero-order chi connectivity index (χ0) is 15.0. The van der Waals surface area contributed by atoms with Crippen molar-refractivity contribution in [3.05, 3.63) is 28.7 Å². The highest BCUT2D eigenvalue weighted by Gasteiger charge is 2.14. The minimum Gasteiger partial charge on any atom is -0.481 e. The fourth-order valence-electron chi connectivity index (χ4n) is 1.30. The summed E-state index contributed by atoms with van der Waals surface area (Å²) in [5.74, 6) is 0.319. The van der Waals surface area contributed by atoms with Crippen LogP contribution in [0.3, 0.4) is 0 Å². The number of benzene rings is 1. The van der Waals surface area contributed by atoms with E-state index in [0.717, 1.165) is 17.4 Å². The lowest BCUT2D eigenvalue weighted by Crippen LogP contribution is -2.50. The molecule has 0 aliphatic rings. The van der Waals surface area contributed by atoms with Crippen molar-refractivity contribution in [1.82, 2.24) is 16.2 Å². The minimum absolute atomic E-state index is 0.300. The summed E-state index contributed by atoms with van der Waals surface area (Å²) in [6.45, 7) is 4.45. The van der Waals surface area contributed by atoms with Crippen molar-refractivity contribution in [3.8, 4) is 5.75 Å². The Kier molecular flexibility index (Phi) is 7.32. The topological polar surface area (TPSA) is 62.4 Å². The second-order valence-corrected chi connectivity index (χ2v) is 5.41. The van der Waals surface area contributed by atoms with E-state index in [1.165, 1.54) is 0 Å². The molecule has 0 aromatic heterocycles. The molecule has 5 nitrogen and oxygen atoms in total. The van der Waals surface area contributed by atoms with E-state index in [1.54, 1.807) is 19.1 Å². The number of nitrogens with one attached hydrogen (secondary N) is 3. The van der Waals surface area contributed by atoms with Crippen molar-refractivity contribution in [2.75, 3.05) is 6.54 Å². The molecule has 0 heterocycles. The zero-order valence-corrected chi connectivity index (χ0v) is 13.8. The van der Waals surface area contributed by atoms with Gasteiger partial charge in [0.2, 0.25) is 0 Å². The Hall–Kier alpha value is -1.34. The van der Waals surface area contributed by atoms with Gasteiger partial charge in [0.1, 0.15) is 5.75 Å². The Balaban J connectivity index is 2.37. The number of halogens is 1. The number of hydrazine groups is 1. The van der Waals surface area contributed by atoms with Crippen LogP contribution in [0.4, 0.5) is 0 Å². The molecule has 0 fully saturated rings. The molecule has 0 radical (unpaired) electrons. The van der Waals surface area contributed by atoms with Crippen LogP contribution in [-0.4, -0.2) is 23.7 Å². The molecule has 0 aliphatic carbocycles. The Morgan fingerprint density at radius 1 is 1.45 bits per heavy atom. The molecular weight excluding hydrogens is 342 g/mol. The van der Waals surface area contributed by atoms with Crippen LogP contribution in [0.15, 0.2) is 28.7 Å². The number of ether oxygens (including phenoxy) is 1. The van der Waals surface area contributed by atoms with Gasteiger partial charge in [-0.15, -0.1) is 0 Å². The number of carbonyl (C=O) groups is 1. The Bertz CT molecular complexity index is 471. The molecule has 1 amide bonds. The summed E-state index contributed by atoms with van der Waals surface area (Å²) in [5, 5.41) is 3.33. The Morgan fingerprint density at radius 2 is 2.20 bits per heavy atom. The maximum atomic E-state index is 11.8. The highest BCUT2D eigenvalue weighted by atomic mass is 79.9. The van der Waals surface area contributed by atoms with E-state index in [2.05, 4.69) is 32.1 Å². The second-order valence-electron chi connectivity index (χ2n) is 4.09. The summed E-state index contributed by atoms with van der Waals surface area (Å²) in [6.07, 6.45) is 0.323. The fraction of sp³-hybridized carbons (Fsp3) is 0.385. The van der Waals surface area contributed by atoms with Crippen LogP contribution < -0.4 is 20.9 Å². The zero-order valence-electron chi connectivity index (χ0n) is 11.4. The van der Waals surface area contributed by atoms with Crippen LogP contribution >= 0.6 is 28.1 Å². The third kappa shape index (κ3) is 6.21. The molecule has 110 valence electrons. The van der Waals surface area contributed by atoms with Gasteiger partial charge < -0.3 is 10.1 Å². The molecule has 1 aromatic rings. The molecule has 1 atom stereocenters. The molecular formula is C13H18BrN3O2S. The summed E-state index contributed by atoms with van der Waals surface area (Å²) >= 11 is 8.33. The maximum Gasteiger partial charge on any atom is 0.279 e. The molecule has 0 saturated carbocycles. The average molecular weight is 360 g/mol. The van der Waals surface area contributed by atoms with Gasteiger partial charge in [0.15, 0.2) is 11.2 Å². The first-order chi connectivity index (χ1) is 9.52. The number of thiocarbonyl (C=S) groups is 1. The van der Waals surface area contributed by atoms with Crippen LogP contribution in [0.25, 0.3) is 0 Å². The average Bonchev–Trinajstić information content (AvgIpc) is 2.42. The number of hydrogen-bond acceptors (Lipinski definition) is 3. The van der Waals surface area contributed by atoms with Crippen molar-refractivity contribution in [1.29, 1.82) is 0 Å². The van der Waals surface area contributed by atoms with Gasteiger partial charge in [-0.05, 0) is 43.8 Å². The van der Waals surface area contributed by atoms with Crippen LogP contribution in [0, 0.1) is 0 Å². The molecule has 3 N–H and O–H groups in total. The summed E-state index contributed by atoms with van der Waals surface area (Å²) in [5.41, 5.74) is 5.12. The molecule has 20 heavy (non-hydrogen) atoms. The van der Waals surface area contributed by atoms with E-state index < -0.39 is 6.10 Å². The predicted octanol–water partition coefficient (Wildman–Crippen LogP) is 2.12. The van der Waals surface area contributed by atoms with Crippen molar-refractivity contribution >= 4 is 39.2 Å². The lowest BCUT2D eigenvalue weighted by molar-refractivity contribution is -0.127. The quantitative estimate of drug-likeness (QED) is 0.555. The van der Waals surface area contributed by atoms with Gasteiger partial charge in [-0.2, -0.15) is 0 Å². The summed E-state index contributed by atoms with van der Waals surface area (Å²) in [7, 11) is 0. The molecule has 1 rings (SSSR count). The van der Waals surface area contributed by atoms with Crippen molar-refractivity contribution < 1.29 is 9.53 Å². The van der Waals surface area contributed by atoms with E-state index in [0.29, 0.717) is 10.9 Å². The monoisotopic (exact) mass is 359 g/mol. The maximum absolute atomic E-state index is 11.8. The third-order valence-corrected chi connectivity index (χ3v) is 3.05. The Labute approximate surface area is 132 Å². The molecule has 0 bridgehead atoms. The number of carbonyl (C=O) groups excluding carboxylic acids is 1. The number of amides is 1. The summed E-state index contributed by atoms with van der Waals surface area (Å²) in [4.78, 5) is 11.8. The Morgan fingerprint density at radius 3 is 2.85 bits per heavy atom. The van der Waals surface area contributed by atoms with Crippen LogP contribution in [0.5, 0.6) is 5.75 Å². The number of hydrogen-bond donors (Lipinski definition) is 3. The summed E-state index contributed by atoms with van der Waals surface area (Å²) < 4.78 is 6.42. The van der Waals surface area contributed by atoms with Gasteiger partial charge in [-0.3, -0.25) is 15.6 Å². The minimum atomic E-state index is -0.634. The van der Waals surface area contributed by atoms with Crippen molar-refractivity contribution in [2.24, 2.45) is 0 Å². The van der Waals surface area contributed by atoms with Gasteiger partial charge in [0.25, 0.3) is 5.91 Å². The van der Waals surface area contributed by atoms with E-state index in [-0.39, 0.29) is 5.91 Å². The molecule has 1 aromatic carbocycles. The molecule has 0 unspecified atom stereocenters. The van der Waals surface area contributed by atoms with Crippen molar-refractivity contribution in [2.45, 2.75) is 26.4 Å². The first-order valence-electron chi connectivity index (χ1n) is 6.29.